The average Bonchev–Trinajstić information content (AvgIpc) is 3.00. The Bertz CT molecular complexity index is 1260. The van der Waals surface area contributed by atoms with Gasteiger partial charge in [-0.25, -0.2) is 9.59 Å². The van der Waals surface area contributed by atoms with Crippen LogP contribution in [0.2, 0.25) is 0 Å². The molecule has 2 aliphatic heterocycles. The molecule has 0 aromatic carbocycles. The van der Waals surface area contributed by atoms with Gasteiger partial charge < -0.3 is 34.6 Å². The predicted octanol–water partition coefficient (Wildman–Crippen LogP) is 6.52. The van der Waals surface area contributed by atoms with Crippen molar-refractivity contribution in [1.29, 1.82) is 0 Å². The Labute approximate surface area is 284 Å². The highest BCUT2D eigenvalue weighted by atomic mass is 16.7. The lowest BCUT2D eigenvalue weighted by Gasteiger charge is -2.53. The van der Waals surface area contributed by atoms with Crippen LogP contribution in [0, 0.1) is 11.8 Å². The summed E-state index contributed by atoms with van der Waals surface area (Å²) in [5.74, 6) is -5.09. The second-order valence-corrected chi connectivity index (χ2v) is 13.3. The van der Waals surface area contributed by atoms with E-state index in [0.29, 0.717) is 31.3 Å². The van der Waals surface area contributed by atoms with Crippen LogP contribution in [0.3, 0.4) is 0 Å². The number of hydrogen-bond acceptors (Lipinski definition) is 8. The van der Waals surface area contributed by atoms with E-state index in [9.17, 15) is 29.4 Å². The topological polar surface area (TPSA) is 177 Å². The van der Waals surface area contributed by atoms with E-state index in [0.717, 1.165) is 43.4 Å². The predicted molar refractivity (Wildman–Crippen MR) is 180 cm³/mol. The molecule has 7 atom stereocenters. The molecule has 0 bridgehead atoms. The van der Waals surface area contributed by atoms with Gasteiger partial charge in [-0.05, 0) is 51.0 Å². The van der Waals surface area contributed by atoms with Gasteiger partial charge >= 0.3 is 23.9 Å². The molecule has 2 heterocycles. The third-order valence-electron chi connectivity index (χ3n) is 8.86. The maximum absolute atomic E-state index is 13.0. The summed E-state index contributed by atoms with van der Waals surface area (Å²) in [6.45, 7) is 9.50. The van der Waals surface area contributed by atoms with Crippen LogP contribution in [-0.2, 0) is 33.4 Å². The lowest BCUT2D eigenvalue weighted by molar-refractivity contribution is -0.342. The maximum Gasteiger partial charge on any atom is 0.328 e. The molecule has 0 radical (unpaired) electrons. The number of aliphatic hydroxyl groups excluding tert-OH is 1. The van der Waals surface area contributed by atoms with E-state index in [2.05, 4.69) is 13.8 Å². The van der Waals surface area contributed by atoms with Crippen LogP contribution in [0.1, 0.15) is 105 Å². The van der Waals surface area contributed by atoms with Gasteiger partial charge in [0.15, 0.2) is 5.79 Å². The van der Waals surface area contributed by atoms with E-state index in [1.165, 1.54) is 6.08 Å². The van der Waals surface area contributed by atoms with Gasteiger partial charge in [-0.3, -0.25) is 9.59 Å². The molecule has 48 heavy (non-hydrogen) atoms. The second-order valence-electron chi connectivity index (χ2n) is 13.3. The molecule has 2 saturated heterocycles. The molecular formula is C37H54O11. The Morgan fingerprint density at radius 2 is 1.69 bits per heavy atom. The molecule has 0 aromatic rings. The Balaban J connectivity index is 2.37. The largest absolute Gasteiger partial charge is 0.481 e. The zero-order valence-corrected chi connectivity index (χ0v) is 28.9. The lowest BCUT2D eigenvalue weighted by atomic mass is 9.77. The number of carboxylic acid groups (broad SMARTS) is 3. The van der Waals surface area contributed by atoms with E-state index in [-0.39, 0.29) is 37.2 Å². The Kier molecular flexibility index (Phi) is 16.5. The van der Waals surface area contributed by atoms with Gasteiger partial charge in [-0.15, -0.1) is 0 Å². The summed E-state index contributed by atoms with van der Waals surface area (Å²) in [5, 5.41) is 37.6. The molecular weight excluding hydrogens is 620 g/mol. The molecule has 2 fully saturated rings. The van der Waals surface area contributed by atoms with E-state index < -0.39 is 47.5 Å². The SMILES string of the molecule is CCCCC[C@]1(OC(=O)CCC(=O)O)C[C@H](/C=C/C(C)=C/C(=O)O)O[C@]2(CC[C@H](C)[C@@H](C/C=C(C)/C=C/[C@H](O)[C@@H](C)/C=C/C(=O)O)O2)C1. The minimum absolute atomic E-state index is 0.184. The first-order chi connectivity index (χ1) is 22.6. The molecule has 1 spiro atoms. The molecule has 2 rings (SSSR count). The first kappa shape index (κ1) is 40.6. The average molecular weight is 675 g/mol. The second kappa shape index (κ2) is 19.5. The van der Waals surface area contributed by atoms with Crippen LogP contribution in [0.4, 0.5) is 0 Å². The lowest BCUT2D eigenvalue weighted by Crippen LogP contribution is -2.58. The van der Waals surface area contributed by atoms with E-state index in [4.69, 9.17) is 24.4 Å². The number of rotatable bonds is 18. The van der Waals surface area contributed by atoms with Crippen molar-refractivity contribution in [2.75, 3.05) is 0 Å². The van der Waals surface area contributed by atoms with Crippen molar-refractivity contribution >= 4 is 23.9 Å². The quantitative estimate of drug-likeness (QED) is 0.0539. The third-order valence-corrected chi connectivity index (χ3v) is 8.86. The van der Waals surface area contributed by atoms with E-state index in [1.807, 2.05) is 13.0 Å². The molecule has 0 unspecified atom stereocenters. The monoisotopic (exact) mass is 674 g/mol. The number of carbonyl (C=O) groups excluding carboxylic acids is 1. The molecule has 4 N–H and O–H groups in total. The van der Waals surface area contributed by atoms with Crippen molar-refractivity contribution in [3.05, 3.63) is 59.8 Å². The summed E-state index contributed by atoms with van der Waals surface area (Å²) in [6.07, 6.45) is 15.9. The van der Waals surface area contributed by atoms with E-state index >= 15 is 0 Å². The minimum atomic E-state index is -1.09. The van der Waals surface area contributed by atoms with Gasteiger partial charge in [0.1, 0.15) is 5.60 Å². The van der Waals surface area contributed by atoms with Crippen molar-refractivity contribution < 1.29 is 53.8 Å². The van der Waals surface area contributed by atoms with Crippen molar-refractivity contribution in [3.8, 4) is 0 Å². The van der Waals surface area contributed by atoms with Crippen LogP contribution in [-0.4, -0.2) is 74.0 Å². The number of unbranched alkanes of at least 4 members (excludes halogenated alkanes) is 2. The fraction of sp³-hybridized carbons (Fsp3) is 0.622. The Hall–Kier alpha value is -3.54. The molecule has 0 aliphatic carbocycles. The molecule has 0 saturated carbocycles. The molecule has 268 valence electrons. The minimum Gasteiger partial charge on any atom is -0.481 e. The number of carbonyl (C=O) groups is 4. The van der Waals surface area contributed by atoms with Gasteiger partial charge in [-0.1, -0.05) is 75.6 Å². The highest BCUT2D eigenvalue weighted by molar-refractivity contribution is 5.81. The van der Waals surface area contributed by atoms with Gasteiger partial charge in [0.25, 0.3) is 0 Å². The molecule has 11 nitrogen and oxygen atoms in total. The summed E-state index contributed by atoms with van der Waals surface area (Å²) < 4.78 is 19.6. The first-order valence-electron chi connectivity index (χ1n) is 16.9. The number of allylic oxidation sites excluding steroid dienone is 4. The number of aliphatic hydroxyl groups is 1. The maximum atomic E-state index is 13.0. The third kappa shape index (κ3) is 14.3. The van der Waals surface area contributed by atoms with Crippen molar-refractivity contribution in [3.63, 3.8) is 0 Å². The number of carboxylic acids is 3. The zero-order chi connectivity index (χ0) is 35.9. The van der Waals surface area contributed by atoms with E-state index in [1.54, 1.807) is 38.2 Å². The number of ether oxygens (including phenoxy) is 3. The summed E-state index contributed by atoms with van der Waals surface area (Å²) in [4.78, 5) is 46.2. The zero-order valence-electron chi connectivity index (χ0n) is 28.9. The Morgan fingerprint density at radius 3 is 2.33 bits per heavy atom. The normalized spacial score (nSPS) is 28.2. The standard InChI is InChI=1S/C37H54O11/c1-6-7-8-20-36(48-35(45)18-17-33(41)42)23-29(13-9-26(3)22-34(43)44)46-37(24-36)21-19-28(5)31(47-37)15-11-25(2)10-14-30(38)27(4)12-16-32(39)40/h9-14,16,22,27-31,38H,6-8,15,17-21,23-24H2,1-5H3,(H,39,40)(H,41,42)(H,43,44)/b13-9+,14-10+,16-12+,25-11+,26-22+/t27-,28-,29-,30-,31+,36-,37-/m0/s1. The van der Waals surface area contributed by atoms with Gasteiger partial charge in [0, 0.05) is 37.3 Å². The van der Waals surface area contributed by atoms with Gasteiger partial charge in [0.05, 0.1) is 31.2 Å². The summed E-state index contributed by atoms with van der Waals surface area (Å²) in [5.41, 5.74) is 0.443. The first-order valence-corrected chi connectivity index (χ1v) is 16.9. The number of esters is 1. The van der Waals surface area contributed by atoms with Crippen LogP contribution in [0.25, 0.3) is 0 Å². The fourth-order valence-corrected chi connectivity index (χ4v) is 6.14. The van der Waals surface area contributed by atoms with Crippen molar-refractivity contribution in [2.24, 2.45) is 11.8 Å². The smallest absolute Gasteiger partial charge is 0.328 e. The van der Waals surface area contributed by atoms with Crippen LogP contribution in [0.15, 0.2) is 59.8 Å². The van der Waals surface area contributed by atoms with Crippen molar-refractivity contribution in [1.82, 2.24) is 0 Å². The number of hydrogen-bond donors (Lipinski definition) is 4. The highest BCUT2D eigenvalue weighted by Gasteiger charge is 2.54. The van der Waals surface area contributed by atoms with Crippen molar-refractivity contribution in [2.45, 2.75) is 135 Å². The van der Waals surface area contributed by atoms with Crippen LogP contribution < -0.4 is 0 Å². The van der Waals surface area contributed by atoms with Gasteiger partial charge in [-0.2, -0.15) is 0 Å². The number of aliphatic carboxylic acids is 3. The van der Waals surface area contributed by atoms with Crippen LogP contribution >= 0.6 is 0 Å². The summed E-state index contributed by atoms with van der Waals surface area (Å²) in [6, 6.07) is 0. The Morgan fingerprint density at radius 1 is 0.958 bits per heavy atom. The highest BCUT2D eigenvalue weighted by Crippen LogP contribution is 2.49. The fourth-order valence-electron chi connectivity index (χ4n) is 6.14. The molecule has 11 heteroatoms. The molecule has 0 aromatic heterocycles. The molecule has 2 aliphatic rings. The van der Waals surface area contributed by atoms with Gasteiger partial charge in [0.2, 0.25) is 0 Å². The van der Waals surface area contributed by atoms with Crippen LogP contribution in [0.5, 0.6) is 0 Å². The molecule has 0 amide bonds. The summed E-state index contributed by atoms with van der Waals surface area (Å²) in [7, 11) is 0. The summed E-state index contributed by atoms with van der Waals surface area (Å²) >= 11 is 0.